The van der Waals surface area contributed by atoms with Crippen LogP contribution in [-0.4, -0.2) is 12.0 Å². The molecule has 0 aliphatic heterocycles. The summed E-state index contributed by atoms with van der Waals surface area (Å²) in [4.78, 5) is 0. The number of benzene rings is 3. The van der Waals surface area contributed by atoms with Gasteiger partial charge in [0.2, 0.25) is 0 Å². The molecule has 3 aromatic rings. The van der Waals surface area contributed by atoms with E-state index in [0.29, 0.717) is 5.88 Å². The Hall–Kier alpha value is -2.09. The lowest BCUT2D eigenvalue weighted by Crippen LogP contribution is -2.22. The van der Waals surface area contributed by atoms with Crippen LogP contribution in [0.5, 0.6) is 0 Å². The maximum atomic E-state index is 6.40. The Labute approximate surface area is 147 Å². The number of hydrogen-bond donors (Lipinski definition) is 0. The van der Waals surface area contributed by atoms with Crippen LogP contribution in [-0.2, 0) is 11.2 Å². The summed E-state index contributed by atoms with van der Waals surface area (Å²) in [6.07, 6.45) is 2.44. The second-order valence-corrected chi connectivity index (χ2v) is 6.49. The van der Waals surface area contributed by atoms with Gasteiger partial charge in [0.15, 0.2) is 0 Å². The minimum Gasteiger partial charge on any atom is -0.360 e. The molecule has 0 N–H and O–H groups in total. The van der Waals surface area contributed by atoms with E-state index >= 15 is 0 Å². The largest absolute Gasteiger partial charge is 0.360 e. The van der Waals surface area contributed by atoms with E-state index in [-0.39, 0.29) is 12.2 Å². The summed E-state index contributed by atoms with van der Waals surface area (Å²) in [6, 6.07) is 21.5. The lowest BCUT2D eigenvalue weighted by Gasteiger charge is -2.31. The quantitative estimate of drug-likeness (QED) is 0.443. The summed E-state index contributed by atoms with van der Waals surface area (Å²) in [7, 11) is 0. The summed E-state index contributed by atoms with van der Waals surface area (Å²) in [5.74, 6) is 0.405. The van der Waals surface area contributed by atoms with E-state index in [9.17, 15) is 0 Å². The monoisotopic (exact) mass is 334 g/mol. The highest BCUT2D eigenvalue weighted by atomic mass is 35.5. The Balaban J connectivity index is 1.94. The van der Waals surface area contributed by atoms with Gasteiger partial charge in [-0.1, -0.05) is 66.7 Å². The highest BCUT2D eigenvalue weighted by Crippen LogP contribution is 2.41. The van der Waals surface area contributed by atoms with Crippen molar-refractivity contribution in [2.24, 2.45) is 0 Å². The number of alkyl halides is 1. The molecule has 1 nitrogen and oxygen atoms in total. The standard InChI is InChI=1S/C22H19ClO/c1-2-18(14-23)24-22-20-10-6-4-8-16(20)13-17-12-11-15-7-3-5-9-19(15)21(17)22/h2-12,18,22H,1,13-14H2. The molecule has 0 saturated carbocycles. The summed E-state index contributed by atoms with van der Waals surface area (Å²) in [5.41, 5.74) is 5.15. The third-order valence-electron chi connectivity index (χ3n) is 4.77. The van der Waals surface area contributed by atoms with Gasteiger partial charge in [0.25, 0.3) is 0 Å². The van der Waals surface area contributed by atoms with E-state index in [2.05, 4.69) is 67.2 Å². The molecule has 0 radical (unpaired) electrons. The molecule has 4 rings (SSSR count). The molecule has 0 fully saturated rings. The highest BCUT2D eigenvalue weighted by Gasteiger charge is 2.29. The first-order valence-corrected chi connectivity index (χ1v) is 8.77. The molecular formula is C22H19ClO. The Kier molecular flexibility index (Phi) is 4.13. The van der Waals surface area contributed by atoms with Gasteiger partial charge in [-0.05, 0) is 39.4 Å². The Morgan fingerprint density at radius 2 is 1.83 bits per heavy atom. The molecule has 2 atom stereocenters. The molecule has 0 amide bonds. The van der Waals surface area contributed by atoms with Crippen LogP contribution in [0, 0.1) is 0 Å². The Morgan fingerprint density at radius 1 is 1.04 bits per heavy atom. The molecule has 0 saturated heterocycles. The van der Waals surface area contributed by atoms with Gasteiger partial charge >= 0.3 is 0 Å². The maximum Gasteiger partial charge on any atom is 0.110 e. The zero-order valence-corrected chi connectivity index (χ0v) is 14.2. The van der Waals surface area contributed by atoms with Gasteiger partial charge in [-0.3, -0.25) is 0 Å². The van der Waals surface area contributed by atoms with Crippen molar-refractivity contribution in [1.29, 1.82) is 0 Å². The average molecular weight is 335 g/mol. The molecule has 0 spiro atoms. The van der Waals surface area contributed by atoms with Crippen molar-refractivity contribution in [3.05, 3.63) is 95.6 Å². The van der Waals surface area contributed by atoms with E-state index in [1.165, 1.54) is 33.0 Å². The van der Waals surface area contributed by atoms with E-state index in [4.69, 9.17) is 16.3 Å². The zero-order chi connectivity index (χ0) is 16.5. The van der Waals surface area contributed by atoms with Crippen molar-refractivity contribution in [2.75, 3.05) is 5.88 Å². The predicted molar refractivity (Wildman–Crippen MR) is 101 cm³/mol. The smallest absolute Gasteiger partial charge is 0.110 e. The lowest BCUT2D eigenvalue weighted by molar-refractivity contribution is 0.0475. The predicted octanol–water partition coefficient (Wildman–Crippen LogP) is 5.64. The molecule has 0 aromatic heterocycles. The minimum atomic E-state index is -0.172. The first kappa shape index (κ1) is 15.4. The van der Waals surface area contributed by atoms with Crippen molar-refractivity contribution in [3.63, 3.8) is 0 Å². The second kappa shape index (κ2) is 6.43. The van der Waals surface area contributed by atoms with E-state index in [1.54, 1.807) is 6.08 Å². The molecule has 1 aliphatic carbocycles. The molecule has 24 heavy (non-hydrogen) atoms. The van der Waals surface area contributed by atoms with Gasteiger partial charge in [-0.15, -0.1) is 18.2 Å². The lowest BCUT2D eigenvalue weighted by atomic mass is 9.81. The van der Waals surface area contributed by atoms with Crippen LogP contribution in [0.2, 0.25) is 0 Å². The zero-order valence-electron chi connectivity index (χ0n) is 13.4. The van der Waals surface area contributed by atoms with Crippen LogP contribution in [0.1, 0.15) is 28.4 Å². The SMILES string of the molecule is C=CC(CCl)OC1c2ccccc2Cc2ccc3ccccc3c21. The normalized spacial score (nSPS) is 17.1. The summed E-state index contributed by atoms with van der Waals surface area (Å²) in [6.45, 7) is 3.86. The first-order valence-electron chi connectivity index (χ1n) is 8.24. The molecule has 3 aromatic carbocycles. The molecular weight excluding hydrogens is 316 g/mol. The Bertz CT molecular complexity index is 899. The van der Waals surface area contributed by atoms with Gasteiger partial charge in [-0.25, -0.2) is 0 Å². The van der Waals surface area contributed by atoms with Crippen molar-refractivity contribution < 1.29 is 4.74 Å². The van der Waals surface area contributed by atoms with Crippen molar-refractivity contribution in [1.82, 2.24) is 0 Å². The van der Waals surface area contributed by atoms with Crippen molar-refractivity contribution in [3.8, 4) is 0 Å². The molecule has 0 bridgehead atoms. The van der Waals surface area contributed by atoms with E-state index in [0.717, 1.165) is 6.42 Å². The number of fused-ring (bicyclic) bond motifs is 4. The highest BCUT2D eigenvalue weighted by molar-refractivity contribution is 6.18. The molecule has 120 valence electrons. The maximum absolute atomic E-state index is 6.40. The van der Waals surface area contributed by atoms with Gasteiger partial charge < -0.3 is 4.74 Å². The molecule has 2 heteroatoms. The van der Waals surface area contributed by atoms with Crippen molar-refractivity contribution in [2.45, 2.75) is 18.6 Å². The summed E-state index contributed by atoms with van der Waals surface area (Å²) in [5, 5.41) is 2.50. The average Bonchev–Trinajstić information content (AvgIpc) is 2.65. The second-order valence-electron chi connectivity index (χ2n) is 6.18. The van der Waals surface area contributed by atoms with Gasteiger partial charge in [-0.2, -0.15) is 0 Å². The van der Waals surface area contributed by atoms with E-state index < -0.39 is 0 Å². The van der Waals surface area contributed by atoms with Crippen LogP contribution in [0.4, 0.5) is 0 Å². The van der Waals surface area contributed by atoms with Crippen LogP contribution in [0.3, 0.4) is 0 Å². The number of rotatable bonds is 4. The van der Waals surface area contributed by atoms with Gasteiger partial charge in [0.05, 0.1) is 12.0 Å². The third-order valence-corrected chi connectivity index (χ3v) is 5.07. The third kappa shape index (κ3) is 2.54. The van der Waals surface area contributed by atoms with Crippen molar-refractivity contribution >= 4 is 22.4 Å². The van der Waals surface area contributed by atoms with Crippen LogP contribution in [0.15, 0.2) is 73.3 Å². The van der Waals surface area contributed by atoms with Gasteiger partial charge in [0, 0.05) is 0 Å². The van der Waals surface area contributed by atoms with Gasteiger partial charge in [0.1, 0.15) is 6.10 Å². The molecule has 2 unspecified atom stereocenters. The number of ether oxygens (including phenoxy) is 1. The van der Waals surface area contributed by atoms with E-state index in [1.807, 2.05) is 0 Å². The fourth-order valence-corrected chi connectivity index (χ4v) is 3.79. The fourth-order valence-electron chi connectivity index (χ4n) is 3.59. The minimum absolute atomic E-state index is 0.113. The van der Waals surface area contributed by atoms with Crippen LogP contribution in [0.25, 0.3) is 10.8 Å². The molecule has 0 heterocycles. The van der Waals surface area contributed by atoms with Crippen LogP contribution < -0.4 is 0 Å². The van der Waals surface area contributed by atoms with Crippen LogP contribution >= 0.6 is 11.6 Å². The summed E-state index contributed by atoms with van der Waals surface area (Å²) >= 11 is 6.06. The first-order chi connectivity index (χ1) is 11.8. The topological polar surface area (TPSA) is 9.23 Å². The molecule has 1 aliphatic rings. The fraction of sp³-hybridized carbons (Fsp3) is 0.182. The number of hydrogen-bond acceptors (Lipinski definition) is 1. The number of halogens is 1. The Morgan fingerprint density at radius 3 is 2.67 bits per heavy atom. The summed E-state index contributed by atoms with van der Waals surface area (Å²) < 4.78 is 6.40.